The summed E-state index contributed by atoms with van der Waals surface area (Å²) < 4.78 is 34.9. The van der Waals surface area contributed by atoms with E-state index in [2.05, 4.69) is 26.0 Å². The Labute approximate surface area is 177 Å². The molecular weight excluding hydrogens is 384 g/mol. The second-order valence-electron chi connectivity index (χ2n) is 8.56. The maximum Gasteiger partial charge on any atom is 0.231 e. The number of benzene rings is 2. The minimum atomic E-state index is -0.0120. The number of fused-ring (bicyclic) bond motifs is 2. The lowest BCUT2D eigenvalue weighted by atomic mass is 9.85. The van der Waals surface area contributed by atoms with Gasteiger partial charge in [-0.1, -0.05) is 26.0 Å². The molecule has 2 fully saturated rings. The highest BCUT2D eigenvalue weighted by atomic mass is 16.7. The van der Waals surface area contributed by atoms with Crippen LogP contribution in [0.25, 0.3) is 0 Å². The second kappa shape index (κ2) is 8.00. The topological polar surface area (TPSA) is 55.4 Å². The third-order valence-corrected chi connectivity index (χ3v) is 6.08. The lowest BCUT2D eigenvalue weighted by Crippen LogP contribution is -2.14. The van der Waals surface area contributed by atoms with Crippen LogP contribution in [0, 0.1) is 17.8 Å². The Morgan fingerprint density at radius 3 is 2.23 bits per heavy atom. The van der Waals surface area contributed by atoms with Gasteiger partial charge in [0.1, 0.15) is 0 Å². The average molecular weight is 412 g/mol. The minimum Gasteiger partial charge on any atom is -0.493 e. The third-order valence-electron chi connectivity index (χ3n) is 6.08. The second-order valence-corrected chi connectivity index (χ2v) is 8.56. The van der Waals surface area contributed by atoms with Gasteiger partial charge in [-0.3, -0.25) is 0 Å². The summed E-state index contributed by atoms with van der Waals surface area (Å²) in [7, 11) is 1.67. The molecule has 3 aliphatic heterocycles. The summed E-state index contributed by atoms with van der Waals surface area (Å²) in [6.45, 7) is 6.53. The molecule has 3 aliphatic rings. The summed E-state index contributed by atoms with van der Waals surface area (Å²) in [4.78, 5) is 0. The lowest BCUT2D eigenvalue weighted by Gasteiger charge is -2.19. The zero-order valence-corrected chi connectivity index (χ0v) is 17.6. The number of ether oxygens (including phenoxy) is 6. The Morgan fingerprint density at radius 2 is 1.53 bits per heavy atom. The predicted molar refractivity (Wildman–Crippen MR) is 110 cm³/mol. The van der Waals surface area contributed by atoms with E-state index in [9.17, 15) is 0 Å². The van der Waals surface area contributed by atoms with Crippen LogP contribution in [-0.2, 0) is 9.47 Å². The maximum absolute atomic E-state index is 6.26. The quantitative estimate of drug-likeness (QED) is 0.695. The molecule has 2 aromatic carbocycles. The molecule has 0 aromatic heterocycles. The van der Waals surface area contributed by atoms with Crippen molar-refractivity contribution in [3.63, 3.8) is 0 Å². The van der Waals surface area contributed by atoms with E-state index in [-0.39, 0.29) is 19.0 Å². The molecule has 0 radical (unpaired) electrons. The molecule has 6 nitrogen and oxygen atoms in total. The molecule has 30 heavy (non-hydrogen) atoms. The molecule has 5 rings (SSSR count). The summed E-state index contributed by atoms with van der Waals surface area (Å²) in [5.74, 6) is 4.15. The Hall–Kier alpha value is -2.44. The van der Waals surface area contributed by atoms with Crippen LogP contribution in [0.5, 0.6) is 23.0 Å². The zero-order chi connectivity index (χ0) is 20.7. The van der Waals surface area contributed by atoms with E-state index in [1.165, 1.54) is 0 Å². The van der Waals surface area contributed by atoms with Gasteiger partial charge in [0.15, 0.2) is 23.0 Å². The van der Waals surface area contributed by atoms with Crippen LogP contribution in [0.15, 0.2) is 36.4 Å². The van der Waals surface area contributed by atoms with Crippen LogP contribution in [-0.4, -0.2) is 33.7 Å². The third kappa shape index (κ3) is 3.48. The fourth-order valence-electron chi connectivity index (χ4n) is 4.56. The van der Waals surface area contributed by atoms with Gasteiger partial charge in [0.2, 0.25) is 6.79 Å². The zero-order valence-electron chi connectivity index (χ0n) is 17.6. The molecule has 0 spiro atoms. The van der Waals surface area contributed by atoms with Crippen molar-refractivity contribution < 1.29 is 28.4 Å². The van der Waals surface area contributed by atoms with Crippen molar-refractivity contribution in [2.24, 2.45) is 17.8 Å². The Morgan fingerprint density at radius 1 is 0.867 bits per heavy atom. The van der Waals surface area contributed by atoms with Gasteiger partial charge in [0.05, 0.1) is 39.1 Å². The van der Waals surface area contributed by atoms with Gasteiger partial charge >= 0.3 is 0 Å². The van der Waals surface area contributed by atoms with Crippen molar-refractivity contribution in [1.82, 2.24) is 0 Å². The molecule has 0 amide bonds. The smallest absolute Gasteiger partial charge is 0.231 e. The van der Waals surface area contributed by atoms with E-state index in [4.69, 9.17) is 28.4 Å². The molecule has 0 N–H and O–H groups in total. The summed E-state index contributed by atoms with van der Waals surface area (Å²) in [5, 5.41) is 0. The van der Waals surface area contributed by atoms with Crippen LogP contribution in [0.4, 0.5) is 0 Å². The van der Waals surface area contributed by atoms with Gasteiger partial charge in [0, 0.05) is 11.8 Å². The molecule has 0 aliphatic carbocycles. The first-order valence-corrected chi connectivity index (χ1v) is 10.6. The predicted octanol–water partition coefficient (Wildman–Crippen LogP) is 4.53. The van der Waals surface area contributed by atoms with Crippen LogP contribution in [0.3, 0.4) is 0 Å². The van der Waals surface area contributed by atoms with E-state index in [1.807, 2.05) is 24.3 Å². The van der Waals surface area contributed by atoms with E-state index in [0.29, 0.717) is 37.6 Å². The lowest BCUT2D eigenvalue weighted by molar-refractivity contribution is 0.0191. The first-order chi connectivity index (χ1) is 14.6. The first kappa shape index (κ1) is 19.5. The van der Waals surface area contributed by atoms with Crippen molar-refractivity contribution in [2.45, 2.75) is 26.1 Å². The van der Waals surface area contributed by atoms with Gasteiger partial charge < -0.3 is 28.4 Å². The minimum absolute atomic E-state index is 0.00467. The first-order valence-electron chi connectivity index (χ1n) is 10.6. The van der Waals surface area contributed by atoms with Gasteiger partial charge in [0.25, 0.3) is 0 Å². The fourth-order valence-corrected chi connectivity index (χ4v) is 4.56. The normalized spacial score (nSPS) is 26.8. The summed E-state index contributed by atoms with van der Waals surface area (Å²) in [5.41, 5.74) is 2.22. The van der Waals surface area contributed by atoms with E-state index in [0.717, 1.165) is 34.1 Å². The molecule has 3 heterocycles. The highest BCUT2D eigenvalue weighted by Crippen LogP contribution is 2.51. The Kier molecular flexibility index (Phi) is 5.21. The Balaban J connectivity index is 1.33. The molecule has 6 heteroatoms. The van der Waals surface area contributed by atoms with Crippen LogP contribution >= 0.6 is 0 Å². The average Bonchev–Trinajstić information content (AvgIpc) is 3.47. The molecule has 0 bridgehead atoms. The molecule has 4 atom stereocenters. The summed E-state index contributed by atoms with van der Waals surface area (Å²) in [6, 6.07) is 12.2. The van der Waals surface area contributed by atoms with Crippen molar-refractivity contribution in [2.75, 3.05) is 33.7 Å². The number of hydrogen-bond donors (Lipinski definition) is 0. The number of hydrogen-bond acceptors (Lipinski definition) is 6. The standard InChI is InChI=1S/C24H28O6/c1-14(2)10-26-19-6-4-15(8-21(19)25-3)23-17-11-28-24(18(17)12-27-23)16-5-7-20-22(9-16)30-13-29-20/h4-9,14,17-18,23-24H,10-13H2,1-3H3/t17-,18-,23-,24+/m1/s1. The molecule has 2 aromatic rings. The van der Waals surface area contributed by atoms with E-state index >= 15 is 0 Å². The largest absolute Gasteiger partial charge is 0.493 e. The van der Waals surface area contributed by atoms with Crippen LogP contribution in [0.2, 0.25) is 0 Å². The Bertz CT molecular complexity index is 911. The van der Waals surface area contributed by atoms with E-state index in [1.54, 1.807) is 7.11 Å². The SMILES string of the molecule is COc1cc([C@H]2OC[C@@H]3[C@H]2CO[C@H]3c2ccc3c(c2)OCO3)ccc1OCC(C)C. The number of methoxy groups -OCH3 is 1. The van der Waals surface area contributed by atoms with Gasteiger partial charge in [-0.25, -0.2) is 0 Å². The van der Waals surface area contributed by atoms with Crippen LogP contribution < -0.4 is 18.9 Å². The highest BCUT2D eigenvalue weighted by molar-refractivity contribution is 5.46. The van der Waals surface area contributed by atoms with Gasteiger partial charge in [-0.05, 0) is 41.3 Å². The van der Waals surface area contributed by atoms with Gasteiger partial charge in [-0.15, -0.1) is 0 Å². The molecule has 2 saturated heterocycles. The molecular formula is C24H28O6. The van der Waals surface area contributed by atoms with Gasteiger partial charge in [-0.2, -0.15) is 0 Å². The van der Waals surface area contributed by atoms with E-state index < -0.39 is 0 Å². The molecule has 0 unspecified atom stereocenters. The summed E-state index contributed by atoms with van der Waals surface area (Å²) in [6.07, 6.45) is -0.00731. The molecule has 160 valence electrons. The van der Waals surface area contributed by atoms with Crippen molar-refractivity contribution in [3.8, 4) is 23.0 Å². The van der Waals surface area contributed by atoms with Crippen molar-refractivity contribution in [3.05, 3.63) is 47.5 Å². The molecule has 0 saturated carbocycles. The van der Waals surface area contributed by atoms with Crippen molar-refractivity contribution >= 4 is 0 Å². The highest BCUT2D eigenvalue weighted by Gasteiger charge is 2.48. The number of rotatable bonds is 6. The summed E-state index contributed by atoms with van der Waals surface area (Å²) >= 11 is 0. The van der Waals surface area contributed by atoms with Crippen LogP contribution in [0.1, 0.15) is 37.2 Å². The monoisotopic (exact) mass is 412 g/mol. The fraction of sp³-hybridized carbons (Fsp3) is 0.500. The van der Waals surface area contributed by atoms with Crippen molar-refractivity contribution in [1.29, 1.82) is 0 Å². The maximum atomic E-state index is 6.26.